The average Bonchev–Trinajstić information content (AvgIpc) is 4.19. The maximum atomic E-state index is 6.86. The molecule has 12 fully saturated rings. The van der Waals surface area contributed by atoms with Crippen LogP contribution < -0.4 is 0 Å². The number of fused-ring (bicyclic) bond motifs is 8. The molecule has 4 saturated heterocycles. The van der Waals surface area contributed by atoms with E-state index in [1.165, 1.54) is 130 Å². The third-order valence-corrected chi connectivity index (χ3v) is 23.3. The van der Waals surface area contributed by atoms with Crippen molar-refractivity contribution in [3.05, 3.63) is 142 Å². The van der Waals surface area contributed by atoms with Crippen LogP contribution in [-0.4, -0.2) is 54.3 Å². The van der Waals surface area contributed by atoms with Crippen LogP contribution in [0.2, 0.25) is 0 Å². The van der Waals surface area contributed by atoms with Crippen molar-refractivity contribution in [3.8, 4) is 22.3 Å². The number of hydrogen-bond donors (Lipinski definition) is 0. The van der Waals surface area contributed by atoms with Gasteiger partial charge in [-0.1, -0.05) is 0 Å². The van der Waals surface area contributed by atoms with Gasteiger partial charge in [-0.2, -0.15) is 0 Å². The Hall–Kier alpha value is -4.81. The molecule has 0 N–H and O–H groups in total. The van der Waals surface area contributed by atoms with Gasteiger partial charge < -0.3 is 0 Å². The van der Waals surface area contributed by atoms with E-state index in [2.05, 4.69) is 105 Å². The molecule has 4 atom stereocenters. The molecule has 4 unspecified atom stereocenters. The zero-order valence-corrected chi connectivity index (χ0v) is 40.2. The summed E-state index contributed by atoms with van der Waals surface area (Å²) in [6.45, 7) is 2.41. The van der Waals surface area contributed by atoms with Gasteiger partial charge in [0, 0.05) is 0 Å². The van der Waals surface area contributed by atoms with Gasteiger partial charge in [-0.3, -0.25) is 0 Å². The standard InChI is InChI=1S/C58H56N4O4.Pt/c1-5-47(57-21-33-9-34(22-57)11-35(10-33)23-57)6-2-39(1)41-15-43-19-44(16-41)50-28-64-54-56-62(32-60(50)54)52(30-66-56)46-18-42(17-45(20-46)51-29-65-55-53-59(31-61(51)55)49(43)27-63-53)40-3-7-48(8-4-40)58-24-36-12-37(25-58)14-38(13-36)26-58;/h1-8,15-20,33-38,49-52H,9-14,21-30H2;. The van der Waals surface area contributed by atoms with Crippen molar-refractivity contribution in [2.45, 2.75) is 112 Å². The fourth-order valence-electron chi connectivity index (χ4n) is 18.1. The molecule has 8 aliphatic heterocycles. The molecule has 0 spiro atoms. The van der Waals surface area contributed by atoms with Gasteiger partial charge in [-0.15, -0.1) is 0 Å². The minimum absolute atomic E-state index is 0.0445. The molecule has 8 aliphatic carbocycles. The Morgan fingerprint density at radius 2 is 0.642 bits per heavy atom. The summed E-state index contributed by atoms with van der Waals surface area (Å²) in [6, 6.07) is 34.8. The van der Waals surface area contributed by atoms with E-state index >= 15 is 0 Å². The number of benzene rings is 4. The van der Waals surface area contributed by atoms with Crippen LogP contribution in [0, 0.1) is 35.5 Å². The van der Waals surface area contributed by atoms with Crippen LogP contribution in [0.15, 0.2) is 108 Å². The Bertz CT molecular complexity index is 2680. The molecule has 0 aromatic heterocycles. The van der Waals surface area contributed by atoms with Crippen molar-refractivity contribution >= 4 is 8.29 Å². The first-order valence-electron chi connectivity index (χ1n) is 26.0. The number of ether oxygens (including phenoxy) is 4. The van der Waals surface area contributed by atoms with E-state index in [1.807, 2.05) is 0 Å². The van der Waals surface area contributed by atoms with Gasteiger partial charge in [0.2, 0.25) is 0 Å². The minimum atomic E-state index is -0.787. The molecule has 20 rings (SSSR count). The first-order valence-corrected chi connectivity index (χ1v) is 28.2. The van der Waals surface area contributed by atoms with Gasteiger partial charge in [0.1, 0.15) is 0 Å². The third kappa shape index (κ3) is 4.90. The molecular weight excluding hydrogens is 1010 g/mol. The molecule has 0 radical (unpaired) electrons. The van der Waals surface area contributed by atoms with Gasteiger partial charge in [0.15, 0.2) is 0 Å². The van der Waals surface area contributed by atoms with E-state index in [9.17, 15) is 0 Å². The molecule has 8 nitrogen and oxygen atoms in total. The molecule has 4 aromatic carbocycles. The van der Waals surface area contributed by atoms with Gasteiger partial charge >= 0.3 is 329 Å². The molecule has 8 heterocycles. The summed E-state index contributed by atoms with van der Waals surface area (Å²) in [7, 11) is 0. The summed E-state index contributed by atoms with van der Waals surface area (Å²) in [6.07, 6.45) is 17.3. The zero-order chi connectivity index (χ0) is 43.1. The topological polar surface area (TPSA) is 49.9 Å². The Kier molecular flexibility index (Phi) is 7.03. The second-order valence-corrected chi connectivity index (χ2v) is 26.5. The SMILES string of the molecule is c1cc(C23CC4CC(CC(C4)C2)C3)ccc1-c1cc2cc(c1)C1COC3=C4OCC5c6cc(-c7ccc(C89CC%10CC(CC(C%10)C8)C9)cc7)cc(c6)C6COC7=C8OCC2N8[C](=[Pt]=[C](N31)N45)N76. The van der Waals surface area contributed by atoms with Crippen LogP contribution >= 0.6 is 0 Å². The van der Waals surface area contributed by atoms with Crippen molar-refractivity contribution in [2.24, 2.45) is 35.5 Å². The van der Waals surface area contributed by atoms with Crippen molar-refractivity contribution in [2.75, 3.05) is 26.4 Å². The Labute approximate surface area is 400 Å². The van der Waals surface area contributed by atoms with Crippen LogP contribution in [-0.2, 0) is 47.4 Å². The van der Waals surface area contributed by atoms with Gasteiger partial charge in [0.25, 0.3) is 0 Å². The monoisotopic (exact) mass is 1070 g/mol. The molecule has 342 valence electrons. The van der Waals surface area contributed by atoms with E-state index in [0.717, 1.165) is 59.0 Å². The van der Waals surface area contributed by atoms with Gasteiger partial charge in [0.05, 0.1) is 0 Å². The van der Waals surface area contributed by atoms with Crippen LogP contribution in [0.4, 0.5) is 0 Å². The van der Waals surface area contributed by atoms with Gasteiger partial charge in [-0.25, -0.2) is 0 Å². The average molecular weight is 1070 g/mol. The quantitative estimate of drug-likeness (QED) is 0.200. The molecular formula is C58H56N4O4Pt. The summed E-state index contributed by atoms with van der Waals surface area (Å²) >= 11 is -0.787. The van der Waals surface area contributed by atoms with Crippen molar-refractivity contribution in [1.29, 1.82) is 0 Å². The zero-order valence-electron chi connectivity index (χ0n) is 37.9. The van der Waals surface area contributed by atoms with E-state index in [-0.39, 0.29) is 24.2 Å². The first-order chi connectivity index (χ1) is 33.0. The van der Waals surface area contributed by atoms with E-state index in [0.29, 0.717) is 37.3 Å². The van der Waals surface area contributed by atoms with Crippen molar-refractivity contribution in [1.82, 2.24) is 19.6 Å². The van der Waals surface area contributed by atoms with Crippen LogP contribution in [0.1, 0.15) is 135 Å². The fourth-order valence-corrected chi connectivity index (χ4v) is 22.0. The summed E-state index contributed by atoms with van der Waals surface area (Å²) in [5, 5.41) is 0. The second kappa shape index (κ2) is 12.7. The van der Waals surface area contributed by atoms with Crippen molar-refractivity contribution < 1.29 is 36.6 Å². The van der Waals surface area contributed by atoms with Crippen LogP contribution in [0.25, 0.3) is 22.3 Å². The third-order valence-electron chi connectivity index (χ3n) is 20.1. The van der Waals surface area contributed by atoms with E-state index in [4.69, 9.17) is 18.9 Å². The van der Waals surface area contributed by atoms with Crippen LogP contribution in [0.5, 0.6) is 0 Å². The molecule has 0 amide bonds. The van der Waals surface area contributed by atoms with Crippen molar-refractivity contribution in [3.63, 3.8) is 0 Å². The molecule has 14 bridgehead atoms. The van der Waals surface area contributed by atoms with E-state index in [1.54, 1.807) is 11.1 Å². The Morgan fingerprint density at radius 3 is 0.925 bits per heavy atom. The Balaban J connectivity index is 0.756. The molecule has 9 heteroatoms. The predicted molar refractivity (Wildman–Crippen MR) is 250 cm³/mol. The normalized spacial score (nSPS) is 38.7. The molecule has 4 aromatic rings. The summed E-state index contributed by atoms with van der Waals surface area (Å²) in [4.78, 5) is 10.2. The second-order valence-electron chi connectivity index (χ2n) is 23.9. The number of hydrogen-bond acceptors (Lipinski definition) is 8. The van der Waals surface area contributed by atoms with Gasteiger partial charge in [-0.05, 0) is 74.0 Å². The van der Waals surface area contributed by atoms with E-state index < -0.39 is 17.6 Å². The molecule has 16 aliphatic rings. The molecule has 8 saturated carbocycles. The Morgan fingerprint density at radius 1 is 0.358 bits per heavy atom. The number of rotatable bonds is 4. The summed E-state index contributed by atoms with van der Waals surface area (Å²) in [5.74, 6) is 9.20. The summed E-state index contributed by atoms with van der Waals surface area (Å²) < 4.78 is 30.1. The summed E-state index contributed by atoms with van der Waals surface area (Å²) in [5.41, 5.74) is 14.3. The predicted octanol–water partition coefficient (Wildman–Crippen LogP) is 10.7. The maximum absolute atomic E-state index is 6.86. The van der Waals surface area contributed by atoms with Crippen LogP contribution in [0.3, 0.4) is 0 Å². The fraction of sp³-hybridized carbons (Fsp3) is 0.483. The number of nitrogens with zero attached hydrogens (tertiary/aromatic N) is 4. The molecule has 67 heavy (non-hydrogen) atoms. The first kappa shape index (κ1) is 37.1.